The molecular formula is C24H45N3O6. The van der Waals surface area contributed by atoms with Crippen molar-refractivity contribution in [2.45, 2.75) is 122 Å². The topological polar surface area (TPSA) is 159 Å². The molecule has 0 aliphatic carbocycles. The van der Waals surface area contributed by atoms with Crippen molar-refractivity contribution in [1.82, 2.24) is 10.6 Å². The maximum absolute atomic E-state index is 12.2. The van der Waals surface area contributed by atoms with Gasteiger partial charge in [-0.15, -0.1) is 0 Å². The first-order chi connectivity index (χ1) is 15.8. The van der Waals surface area contributed by atoms with Crippen LogP contribution in [0.15, 0.2) is 0 Å². The Morgan fingerprint density at radius 3 is 1.64 bits per heavy atom. The van der Waals surface area contributed by atoms with Crippen molar-refractivity contribution in [2.75, 3.05) is 6.61 Å². The summed E-state index contributed by atoms with van der Waals surface area (Å²) >= 11 is 0. The Kier molecular flexibility index (Phi) is 19.1. The van der Waals surface area contributed by atoms with Gasteiger partial charge in [-0.05, 0) is 12.8 Å². The molecule has 0 bridgehead atoms. The van der Waals surface area contributed by atoms with Crippen molar-refractivity contribution in [3.63, 3.8) is 0 Å². The fourth-order valence-electron chi connectivity index (χ4n) is 3.59. The lowest BCUT2D eigenvalue weighted by atomic mass is 10.0. The van der Waals surface area contributed by atoms with Gasteiger partial charge in [0.15, 0.2) is 0 Å². The van der Waals surface area contributed by atoms with Crippen LogP contribution in [0.25, 0.3) is 0 Å². The first-order valence-corrected chi connectivity index (χ1v) is 12.5. The SMILES string of the molecule is CCCCCCCCCCCCCCCC(=O)N[C@@H](CO)C(=O)N[C@@H](CCC(=O)O)C(N)=O. The highest BCUT2D eigenvalue weighted by Crippen LogP contribution is 2.13. The Morgan fingerprint density at radius 2 is 1.21 bits per heavy atom. The molecule has 0 aromatic rings. The first kappa shape index (κ1) is 30.8. The first-order valence-electron chi connectivity index (χ1n) is 12.5. The average molecular weight is 472 g/mol. The summed E-state index contributed by atoms with van der Waals surface area (Å²) in [5.74, 6) is -3.13. The van der Waals surface area contributed by atoms with Gasteiger partial charge in [-0.25, -0.2) is 0 Å². The van der Waals surface area contributed by atoms with Gasteiger partial charge in [0, 0.05) is 12.8 Å². The fraction of sp³-hybridized carbons (Fsp3) is 0.833. The summed E-state index contributed by atoms with van der Waals surface area (Å²) in [5, 5.41) is 22.9. The number of aliphatic carboxylic acids is 1. The van der Waals surface area contributed by atoms with Crippen LogP contribution in [0.2, 0.25) is 0 Å². The zero-order valence-electron chi connectivity index (χ0n) is 20.3. The number of primary amides is 1. The summed E-state index contributed by atoms with van der Waals surface area (Å²) in [6.45, 7) is 1.59. The molecule has 0 saturated heterocycles. The van der Waals surface area contributed by atoms with E-state index in [4.69, 9.17) is 10.8 Å². The second-order valence-electron chi connectivity index (χ2n) is 8.69. The average Bonchev–Trinajstić information content (AvgIpc) is 2.77. The molecule has 0 heterocycles. The van der Waals surface area contributed by atoms with Crippen LogP contribution in [0, 0.1) is 0 Å². The van der Waals surface area contributed by atoms with Gasteiger partial charge in [-0.1, -0.05) is 84.0 Å². The summed E-state index contributed by atoms with van der Waals surface area (Å²) < 4.78 is 0. The van der Waals surface area contributed by atoms with E-state index in [1.807, 2.05) is 0 Å². The van der Waals surface area contributed by atoms with E-state index in [2.05, 4.69) is 17.6 Å². The number of aliphatic hydroxyl groups excluding tert-OH is 1. The lowest BCUT2D eigenvalue weighted by molar-refractivity contribution is -0.138. The molecule has 0 spiro atoms. The van der Waals surface area contributed by atoms with Crippen LogP contribution in [0.3, 0.4) is 0 Å². The molecule has 0 radical (unpaired) electrons. The molecule has 2 atom stereocenters. The van der Waals surface area contributed by atoms with Crippen LogP contribution in [0.4, 0.5) is 0 Å². The minimum atomic E-state index is -1.22. The number of carboxylic acid groups (broad SMARTS) is 1. The number of nitrogens with two attached hydrogens (primary N) is 1. The molecule has 9 heteroatoms. The van der Waals surface area contributed by atoms with E-state index in [1.165, 1.54) is 57.8 Å². The molecule has 0 aliphatic heterocycles. The summed E-state index contributed by atoms with van der Waals surface area (Å²) in [6.07, 6.45) is 15.4. The fourth-order valence-corrected chi connectivity index (χ4v) is 3.59. The molecule has 0 fully saturated rings. The predicted molar refractivity (Wildman–Crippen MR) is 127 cm³/mol. The number of hydrogen-bond donors (Lipinski definition) is 5. The Morgan fingerprint density at radius 1 is 0.727 bits per heavy atom. The molecule has 0 aromatic heterocycles. The summed E-state index contributed by atoms with van der Waals surface area (Å²) in [6, 6.07) is -2.40. The highest BCUT2D eigenvalue weighted by molar-refractivity contribution is 5.91. The van der Waals surface area contributed by atoms with E-state index in [-0.39, 0.29) is 25.2 Å². The van der Waals surface area contributed by atoms with Crippen molar-refractivity contribution in [3.05, 3.63) is 0 Å². The van der Waals surface area contributed by atoms with E-state index in [1.54, 1.807) is 0 Å². The molecule has 3 amide bonds. The number of aliphatic hydroxyl groups is 1. The minimum absolute atomic E-state index is 0.165. The minimum Gasteiger partial charge on any atom is -0.481 e. The quantitative estimate of drug-likeness (QED) is 0.153. The third-order valence-corrected chi connectivity index (χ3v) is 5.65. The van der Waals surface area contributed by atoms with Crippen LogP contribution in [-0.4, -0.2) is 52.6 Å². The maximum Gasteiger partial charge on any atom is 0.303 e. The van der Waals surface area contributed by atoms with Gasteiger partial charge in [0.1, 0.15) is 12.1 Å². The Labute approximate surface area is 198 Å². The monoisotopic (exact) mass is 471 g/mol. The second kappa shape index (κ2) is 20.4. The normalized spacial score (nSPS) is 12.7. The van der Waals surface area contributed by atoms with E-state index >= 15 is 0 Å². The number of nitrogens with one attached hydrogen (secondary N) is 2. The van der Waals surface area contributed by atoms with Crippen molar-refractivity contribution in [2.24, 2.45) is 5.73 Å². The highest BCUT2D eigenvalue weighted by Gasteiger charge is 2.25. The summed E-state index contributed by atoms with van der Waals surface area (Å²) in [7, 11) is 0. The third-order valence-electron chi connectivity index (χ3n) is 5.65. The van der Waals surface area contributed by atoms with Gasteiger partial charge in [0.05, 0.1) is 6.61 Å². The number of rotatable bonds is 22. The van der Waals surface area contributed by atoms with E-state index in [9.17, 15) is 24.3 Å². The van der Waals surface area contributed by atoms with Gasteiger partial charge < -0.3 is 26.6 Å². The van der Waals surface area contributed by atoms with Gasteiger partial charge in [-0.2, -0.15) is 0 Å². The van der Waals surface area contributed by atoms with Crippen molar-refractivity contribution in [1.29, 1.82) is 0 Å². The van der Waals surface area contributed by atoms with Crippen molar-refractivity contribution in [3.8, 4) is 0 Å². The van der Waals surface area contributed by atoms with Crippen LogP contribution >= 0.6 is 0 Å². The van der Waals surface area contributed by atoms with E-state index < -0.39 is 36.5 Å². The molecular weight excluding hydrogens is 426 g/mol. The number of carbonyl (C=O) groups excluding carboxylic acids is 3. The zero-order chi connectivity index (χ0) is 24.9. The number of carbonyl (C=O) groups is 4. The Hall–Kier alpha value is -2.16. The standard InChI is InChI=1S/C24H45N3O6/c1-2-3-4-5-6-7-8-9-10-11-12-13-14-15-21(29)26-20(18-28)24(33)27-19(23(25)32)16-17-22(30)31/h19-20,28H,2-18H2,1H3,(H2,25,32)(H,26,29)(H,27,33)(H,30,31)/t19-,20-/m0/s1. The largest absolute Gasteiger partial charge is 0.481 e. The molecule has 0 unspecified atom stereocenters. The molecule has 0 rings (SSSR count). The molecule has 0 aliphatic rings. The van der Waals surface area contributed by atoms with Crippen LogP contribution in [0.1, 0.15) is 110 Å². The number of carboxylic acids is 1. The molecule has 0 aromatic carbocycles. The number of hydrogen-bond acceptors (Lipinski definition) is 5. The second-order valence-corrected chi connectivity index (χ2v) is 8.69. The molecule has 192 valence electrons. The van der Waals surface area contributed by atoms with Gasteiger partial charge in [-0.3, -0.25) is 19.2 Å². The maximum atomic E-state index is 12.2. The molecule has 33 heavy (non-hydrogen) atoms. The van der Waals surface area contributed by atoms with Gasteiger partial charge in [0.2, 0.25) is 17.7 Å². The summed E-state index contributed by atoms with van der Waals surface area (Å²) in [5.41, 5.74) is 5.18. The highest BCUT2D eigenvalue weighted by atomic mass is 16.4. The molecule has 9 nitrogen and oxygen atoms in total. The van der Waals surface area contributed by atoms with Crippen molar-refractivity contribution < 1.29 is 29.4 Å². The van der Waals surface area contributed by atoms with E-state index in [0.717, 1.165) is 19.3 Å². The number of amides is 3. The van der Waals surface area contributed by atoms with E-state index in [0.29, 0.717) is 6.42 Å². The van der Waals surface area contributed by atoms with Crippen molar-refractivity contribution >= 4 is 23.7 Å². The molecule has 6 N–H and O–H groups in total. The van der Waals surface area contributed by atoms with Crippen LogP contribution in [0.5, 0.6) is 0 Å². The smallest absolute Gasteiger partial charge is 0.303 e. The molecule has 0 saturated carbocycles. The van der Waals surface area contributed by atoms with Gasteiger partial charge in [0.25, 0.3) is 0 Å². The number of unbranched alkanes of at least 4 members (excludes halogenated alkanes) is 12. The Balaban J connectivity index is 3.93. The lowest BCUT2D eigenvalue weighted by Crippen LogP contribution is -2.54. The third kappa shape index (κ3) is 18.0. The Bertz CT molecular complexity index is 570. The zero-order valence-corrected chi connectivity index (χ0v) is 20.3. The van der Waals surface area contributed by atoms with Crippen LogP contribution in [-0.2, 0) is 19.2 Å². The van der Waals surface area contributed by atoms with Gasteiger partial charge >= 0.3 is 5.97 Å². The van der Waals surface area contributed by atoms with Crippen LogP contribution < -0.4 is 16.4 Å². The predicted octanol–water partition coefficient (Wildman–Crippen LogP) is 2.78. The lowest BCUT2D eigenvalue weighted by Gasteiger charge is -2.20. The summed E-state index contributed by atoms with van der Waals surface area (Å²) in [4.78, 5) is 46.3.